The first-order valence-electron chi connectivity index (χ1n) is 7.89. The van der Waals surface area contributed by atoms with Crippen LogP contribution in [0, 0.1) is 5.82 Å². The predicted molar refractivity (Wildman–Crippen MR) is 95.3 cm³/mol. The molecule has 0 fully saturated rings. The van der Waals surface area contributed by atoms with Crippen molar-refractivity contribution in [3.63, 3.8) is 0 Å². The highest BCUT2D eigenvalue weighted by atomic mass is 32.1. The van der Waals surface area contributed by atoms with Gasteiger partial charge in [0, 0.05) is 15.6 Å². The van der Waals surface area contributed by atoms with E-state index in [1.807, 2.05) is 30.3 Å². The minimum absolute atomic E-state index is 0.199. The van der Waals surface area contributed by atoms with Gasteiger partial charge in [-0.05, 0) is 37.3 Å². The Kier molecular flexibility index (Phi) is 4.22. The average molecular weight is 368 g/mol. The van der Waals surface area contributed by atoms with E-state index in [2.05, 4.69) is 10.2 Å². The van der Waals surface area contributed by atoms with Gasteiger partial charge in [-0.3, -0.25) is 0 Å². The van der Waals surface area contributed by atoms with Crippen molar-refractivity contribution >= 4 is 27.4 Å². The number of rotatable bonds is 4. The van der Waals surface area contributed by atoms with Crippen molar-refractivity contribution in [2.45, 2.75) is 13.0 Å². The average Bonchev–Trinajstić information content (AvgIpc) is 3.30. The lowest BCUT2D eigenvalue weighted by Gasteiger charge is -2.07. The molecule has 5 nitrogen and oxygen atoms in total. The van der Waals surface area contributed by atoms with Crippen LogP contribution in [0.3, 0.4) is 0 Å². The quantitative estimate of drug-likeness (QED) is 0.474. The van der Waals surface area contributed by atoms with E-state index in [4.69, 9.17) is 9.15 Å². The van der Waals surface area contributed by atoms with Crippen molar-refractivity contribution in [1.82, 2.24) is 10.2 Å². The summed E-state index contributed by atoms with van der Waals surface area (Å²) in [6.45, 7) is 1.65. The lowest BCUT2D eigenvalue weighted by molar-refractivity contribution is 0.0286. The van der Waals surface area contributed by atoms with E-state index in [1.165, 1.54) is 23.5 Å². The van der Waals surface area contributed by atoms with Gasteiger partial charge in [0.25, 0.3) is 5.89 Å². The molecule has 0 aliphatic carbocycles. The molecule has 2 heterocycles. The van der Waals surface area contributed by atoms with E-state index >= 15 is 0 Å². The summed E-state index contributed by atoms with van der Waals surface area (Å²) in [6.07, 6.45) is -0.720. The number of hydrogen-bond acceptors (Lipinski definition) is 6. The fourth-order valence-electron chi connectivity index (χ4n) is 2.49. The second kappa shape index (κ2) is 6.68. The third kappa shape index (κ3) is 3.09. The lowest BCUT2D eigenvalue weighted by Crippen LogP contribution is -2.08. The minimum atomic E-state index is -0.720. The van der Waals surface area contributed by atoms with Crippen LogP contribution in [0.15, 0.2) is 59.0 Å². The van der Waals surface area contributed by atoms with Gasteiger partial charge in [-0.25, -0.2) is 9.18 Å². The summed E-state index contributed by atoms with van der Waals surface area (Å²) >= 11 is 1.18. The Morgan fingerprint density at radius 1 is 1.15 bits per heavy atom. The maximum Gasteiger partial charge on any atom is 0.349 e. The van der Waals surface area contributed by atoms with Gasteiger partial charge in [0.1, 0.15) is 10.7 Å². The van der Waals surface area contributed by atoms with Crippen LogP contribution in [0.4, 0.5) is 4.39 Å². The van der Waals surface area contributed by atoms with Crippen LogP contribution in [-0.2, 0) is 4.74 Å². The number of carbonyl (C=O) groups excluding carboxylic acids is 1. The Morgan fingerprint density at radius 3 is 2.73 bits per heavy atom. The summed E-state index contributed by atoms with van der Waals surface area (Å²) in [4.78, 5) is 12.7. The number of thiophene rings is 1. The van der Waals surface area contributed by atoms with Gasteiger partial charge >= 0.3 is 5.97 Å². The van der Waals surface area contributed by atoms with Gasteiger partial charge in [0.15, 0.2) is 6.10 Å². The second-order valence-corrected chi connectivity index (χ2v) is 6.71. The first-order valence-corrected chi connectivity index (χ1v) is 8.71. The molecule has 0 amide bonds. The largest absolute Gasteiger partial charge is 0.448 e. The Hall–Kier alpha value is -3.06. The second-order valence-electron chi connectivity index (χ2n) is 5.62. The van der Waals surface area contributed by atoms with E-state index in [9.17, 15) is 9.18 Å². The molecule has 4 aromatic rings. The highest BCUT2D eigenvalue weighted by Crippen LogP contribution is 2.29. The summed E-state index contributed by atoms with van der Waals surface area (Å²) in [5.74, 6) is -0.371. The number of nitrogens with zero attached hydrogens (tertiary/aromatic N) is 2. The first kappa shape index (κ1) is 16.4. The van der Waals surface area contributed by atoms with Gasteiger partial charge in [-0.1, -0.05) is 24.3 Å². The summed E-state index contributed by atoms with van der Waals surface area (Å²) in [5.41, 5.74) is 0.782. The predicted octanol–water partition coefficient (Wildman–Crippen LogP) is 5.01. The van der Waals surface area contributed by atoms with Crippen LogP contribution in [0.5, 0.6) is 0 Å². The van der Waals surface area contributed by atoms with Crippen molar-refractivity contribution in [2.24, 2.45) is 0 Å². The van der Waals surface area contributed by atoms with Crippen molar-refractivity contribution in [2.75, 3.05) is 0 Å². The molecule has 2 aromatic heterocycles. The molecule has 26 heavy (non-hydrogen) atoms. The molecule has 0 saturated carbocycles. The van der Waals surface area contributed by atoms with E-state index < -0.39 is 12.1 Å². The zero-order valence-corrected chi connectivity index (χ0v) is 14.5. The molecule has 0 radical (unpaired) electrons. The monoisotopic (exact) mass is 368 g/mol. The first-order chi connectivity index (χ1) is 12.6. The van der Waals surface area contributed by atoms with Gasteiger partial charge in [0.05, 0.1) is 0 Å². The van der Waals surface area contributed by atoms with Crippen LogP contribution in [-0.4, -0.2) is 16.2 Å². The molecule has 0 aliphatic heterocycles. The summed E-state index contributed by atoms with van der Waals surface area (Å²) < 4.78 is 25.4. The molecular formula is C19H13FN2O3S. The van der Waals surface area contributed by atoms with Gasteiger partial charge < -0.3 is 9.15 Å². The number of fused-ring (bicyclic) bond motifs is 1. The van der Waals surface area contributed by atoms with Crippen molar-refractivity contribution in [3.05, 3.63) is 71.2 Å². The molecule has 2 aromatic carbocycles. The van der Waals surface area contributed by atoms with E-state index in [-0.39, 0.29) is 11.7 Å². The summed E-state index contributed by atoms with van der Waals surface area (Å²) in [7, 11) is 0. The van der Waals surface area contributed by atoms with Crippen LogP contribution in [0.2, 0.25) is 0 Å². The lowest BCUT2D eigenvalue weighted by atomic mass is 10.2. The Labute approximate surface area is 152 Å². The molecule has 130 valence electrons. The maximum absolute atomic E-state index is 13.8. The number of benzene rings is 2. The highest BCUT2D eigenvalue weighted by Gasteiger charge is 2.21. The molecule has 0 unspecified atom stereocenters. The van der Waals surface area contributed by atoms with E-state index in [0.29, 0.717) is 20.9 Å². The third-order valence-corrected chi connectivity index (χ3v) is 4.88. The van der Waals surface area contributed by atoms with Gasteiger partial charge in [-0.15, -0.1) is 21.5 Å². The zero-order chi connectivity index (χ0) is 18.1. The smallest absolute Gasteiger partial charge is 0.349 e. The molecule has 0 saturated heterocycles. The number of hydrogen-bond donors (Lipinski definition) is 0. The van der Waals surface area contributed by atoms with Crippen molar-refractivity contribution in [3.8, 4) is 11.5 Å². The normalized spacial score (nSPS) is 12.2. The zero-order valence-electron chi connectivity index (χ0n) is 13.7. The fraction of sp³-hybridized carbons (Fsp3) is 0.105. The number of esters is 1. The van der Waals surface area contributed by atoms with Crippen LogP contribution >= 0.6 is 11.3 Å². The van der Waals surface area contributed by atoms with Gasteiger partial charge in [0.2, 0.25) is 5.89 Å². The number of carbonyl (C=O) groups is 1. The van der Waals surface area contributed by atoms with Crippen LogP contribution in [0.1, 0.15) is 28.6 Å². The van der Waals surface area contributed by atoms with Crippen molar-refractivity contribution < 1.29 is 18.3 Å². The molecule has 7 heteroatoms. The Bertz CT molecular complexity index is 1070. The molecule has 0 N–H and O–H groups in total. The topological polar surface area (TPSA) is 65.2 Å². The maximum atomic E-state index is 13.8. The Morgan fingerprint density at radius 2 is 1.96 bits per heavy atom. The van der Waals surface area contributed by atoms with E-state index in [1.54, 1.807) is 19.1 Å². The molecule has 0 spiro atoms. The SMILES string of the molecule is C[C@@H](OC(=O)c1cc2c(F)cccc2s1)c1nnc(-c2ccccc2)o1. The number of aromatic nitrogens is 2. The molecule has 1 atom stereocenters. The number of halogens is 1. The van der Waals surface area contributed by atoms with E-state index in [0.717, 1.165) is 5.56 Å². The van der Waals surface area contributed by atoms with Crippen molar-refractivity contribution in [1.29, 1.82) is 0 Å². The van der Waals surface area contributed by atoms with Gasteiger partial charge in [-0.2, -0.15) is 0 Å². The molecule has 0 aliphatic rings. The minimum Gasteiger partial charge on any atom is -0.448 e. The number of ether oxygens (including phenoxy) is 1. The Balaban J connectivity index is 1.52. The molecule has 0 bridgehead atoms. The summed E-state index contributed by atoms with van der Waals surface area (Å²) in [5, 5.41) is 8.33. The standard InChI is InChI=1S/C19H13FN2O3S/c1-11(17-21-22-18(25-17)12-6-3-2-4-7-12)24-19(23)16-10-13-14(20)8-5-9-15(13)26-16/h2-11H,1H3/t11-/m1/s1. The summed E-state index contributed by atoms with van der Waals surface area (Å²) in [6, 6.07) is 15.5. The fourth-order valence-corrected chi connectivity index (χ4v) is 3.45. The third-order valence-electron chi connectivity index (χ3n) is 3.80. The highest BCUT2D eigenvalue weighted by molar-refractivity contribution is 7.20. The molecular weight excluding hydrogens is 355 g/mol. The van der Waals surface area contributed by atoms with Crippen LogP contribution in [0.25, 0.3) is 21.5 Å². The molecule has 4 rings (SSSR count). The van der Waals surface area contributed by atoms with Crippen LogP contribution < -0.4 is 0 Å².